The van der Waals surface area contributed by atoms with Gasteiger partial charge in [0.05, 0.1) is 6.10 Å². The van der Waals surface area contributed by atoms with Crippen molar-refractivity contribution in [3.05, 3.63) is 21.9 Å². The Kier molecular flexibility index (Phi) is 3.44. The van der Waals surface area contributed by atoms with Crippen molar-refractivity contribution in [2.45, 2.75) is 44.9 Å². The van der Waals surface area contributed by atoms with Gasteiger partial charge in [0.25, 0.3) is 0 Å². The normalized spacial score (nSPS) is 27.4. The number of thiophene rings is 1. The third kappa shape index (κ3) is 2.60. The summed E-state index contributed by atoms with van der Waals surface area (Å²) in [5.41, 5.74) is 0. The van der Waals surface area contributed by atoms with Gasteiger partial charge in [-0.25, -0.2) is 0 Å². The van der Waals surface area contributed by atoms with E-state index in [1.807, 2.05) is 11.3 Å². The molecule has 15 heavy (non-hydrogen) atoms. The highest BCUT2D eigenvalue weighted by Crippen LogP contribution is 2.28. The van der Waals surface area contributed by atoms with Gasteiger partial charge in [-0.2, -0.15) is 0 Å². The summed E-state index contributed by atoms with van der Waals surface area (Å²) in [6.45, 7) is 4.40. The zero-order valence-electron chi connectivity index (χ0n) is 9.62. The van der Waals surface area contributed by atoms with E-state index >= 15 is 0 Å². The number of hydrogen-bond acceptors (Lipinski definition) is 3. The number of methoxy groups -OCH3 is 1. The molecule has 2 nitrogen and oxygen atoms in total. The molecule has 1 aliphatic carbocycles. The zero-order valence-corrected chi connectivity index (χ0v) is 10.4. The molecule has 1 atom stereocenters. The fourth-order valence-electron chi connectivity index (χ4n) is 2.02. The maximum atomic E-state index is 5.27. The van der Waals surface area contributed by atoms with E-state index in [1.165, 1.54) is 9.75 Å². The molecule has 0 aliphatic heterocycles. The Balaban J connectivity index is 1.81. The molecule has 1 aromatic heterocycles. The van der Waals surface area contributed by atoms with Gasteiger partial charge in [-0.1, -0.05) is 0 Å². The Labute approximate surface area is 95.6 Å². The van der Waals surface area contributed by atoms with Gasteiger partial charge in [-0.05, 0) is 38.8 Å². The highest BCUT2D eigenvalue weighted by Gasteiger charge is 2.29. The molecule has 0 aromatic carbocycles. The Bertz CT molecular complexity index is 317. The number of nitrogens with one attached hydrogen (secondary N) is 1. The second-order valence-electron chi connectivity index (χ2n) is 4.36. The average molecular weight is 225 g/mol. The average Bonchev–Trinajstić information content (AvgIpc) is 2.57. The van der Waals surface area contributed by atoms with Gasteiger partial charge >= 0.3 is 0 Å². The molecule has 0 radical (unpaired) electrons. The van der Waals surface area contributed by atoms with Gasteiger partial charge in [0.2, 0.25) is 0 Å². The van der Waals surface area contributed by atoms with E-state index in [-0.39, 0.29) is 0 Å². The van der Waals surface area contributed by atoms with Gasteiger partial charge < -0.3 is 10.1 Å². The summed E-state index contributed by atoms with van der Waals surface area (Å²) in [5, 5.41) is 3.64. The van der Waals surface area contributed by atoms with Crippen LogP contribution in [-0.4, -0.2) is 19.3 Å². The van der Waals surface area contributed by atoms with Crippen molar-refractivity contribution in [1.29, 1.82) is 0 Å². The number of hydrogen-bond donors (Lipinski definition) is 1. The smallest absolute Gasteiger partial charge is 0.0601 e. The fraction of sp³-hybridized carbons (Fsp3) is 0.667. The van der Waals surface area contributed by atoms with Crippen molar-refractivity contribution < 1.29 is 4.74 Å². The Hall–Kier alpha value is -0.380. The van der Waals surface area contributed by atoms with Crippen LogP contribution in [0.5, 0.6) is 0 Å². The lowest BCUT2D eigenvalue weighted by Crippen LogP contribution is -2.45. The van der Waals surface area contributed by atoms with Gasteiger partial charge in [-0.15, -0.1) is 11.3 Å². The van der Waals surface area contributed by atoms with Crippen LogP contribution in [0.25, 0.3) is 0 Å². The van der Waals surface area contributed by atoms with E-state index < -0.39 is 0 Å². The summed E-state index contributed by atoms with van der Waals surface area (Å²) in [6, 6.07) is 5.54. The standard InChI is InChI=1S/C12H19NOS/c1-8-4-5-12(15-8)9(2)13-10-6-11(7-10)14-3/h4-5,9-11,13H,6-7H2,1-3H3. The second kappa shape index (κ2) is 4.64. The molecule has 1 heterocycles. The molecule has 0 saturated heterocycles. The van der Waals surface area contributed by atoms with E-state index in [0.717, 1.165) is 12.8 Å². The Morgan fingerprint density at radius 2 is 2.20 bits per heavy atom. The van der Waals surface area contributed by atoms with Crippen LogP contribution in [0.3, 0.4) is 0 Å². The minimum absolute atomic E-state index is 0.478. The third-order valence-corrected chi connectivity index (χ3v) is 4.29. The number of ether oxygens (including phenoxy) is 1. The highest BCUT2D eigenvalue weighted by atomic mass is 32.1. The molecular weight excluding hydrogens is 206 g/mol. The summed E-state index contributed by atoms with van der Waals surface area (Å²) >= 11 is 1.89. The first-order valence-electron chi connectivity index (χ1n) is 5.54. The first-order chi connectivity index (χ1) is 7.19. The maximum absolute atomic E-state index is 5.27. The van der Waals surface area contributed by atoms with Gasteiger partial charge in [0, 0.05) is 28.9 Å². The van der Waals surface area contributed by atoms with Crippen molar-refractivity contribution >= 4 is 11.3 Å². The van der Waals surface area contributed by atoms with Crippen LogP contribution in [-0.2, 0) is 4.74 Å². The van der Waals surface area contributed by atoms with Gasteiger partial charge in [0.15, 0.2) is 0 Å². The van der Waals surface area contributed by atoms with Crippen molar-refractivity contribution in [1.82, 2.24) is 5.32 Å². The summed E-state index contributed by atoms with van der Waals surface area (Å²) < 4.78 is 5.27. The highest BCUT2D eigenvalue weighted by molar-refractivity contribution is 7.12. The fourth-order valence-corrected chi connectivity index (χ4v) is 2.90. The lowest BCUT2D eigenvalue weighted by molar-refractivity contribution is 0.0148. The molecule has 1 aromatic rings. The van der Waals surface area contributed by atoms with Gasteiger partial charge in [-0.3, -0.25) is 0 Å². The molecule has 1 fully saturated rings. The van der Waals surface area contributed by atoms with Crippen LogP contribution < -0.4 is 5.32 Å². The van der Waals surface area contributed by atoms with Crippen molar-refractivity contribution in [3.63, 3.8) is 0 Å². The zero-order chi connectivity index (χ0) is 10.8. The maximum Gasteiger partial charge on any atom is 0.0601 e. The van der Waals surface area contributed by atoms with Crippen LogP contribution in [0.1, 0.15) is 35.6 Å². The quantitative estimate of drug-likeness (QED) is 0.850. The monoisotopic (exact) mass is 225 g/mol. The molecule has 3 heteroatoms. The minimum atomic E-state index is 0.478. The molecule has 0 spiro atoms. The predicted octanol–water partition coefficient (Wildman–Crippen LogP) is 2.88. The topological polar surface area (TPSA) is 21.3 Å². The summed E-state index contributed by atoms with van der Waals surface area (Å²) in [6.07, 6.45) is 2.80. The minimum Gasteiger partial charge on any atom is -0.381 e. The molecule has 84 valence electrons. The first-order valence-corrected chi connectivity index (χ1v) is 6.36. The van der Waals surface area contributed by atoms with Crippen molar-refractivity contribution in [3.8, 4) is 0 Å². The van der Waals surface area contributed by atoms with Crippen LogP contribution in [0.15, 0.2) is 12.1 Å². The molecular formula is C12H19NOS. The molecule has 1 saturated carbocycles. The lowest BCUT2D eigenvalue weighted by Gasteiger charge is -2.36. The summed E-state index contributed by atoms with van der Waals surface area (Å²) in [4.78, 5) is 2.83. The van der Waals surface area contributed by atoms with Crippen LogP contribution >= 0.6 is 11.3 Å². The molecule has 0 amide bonds. The van der Waals surface area contributed by atoms with E-state index in [2.05, 4.69) is 31.3 Å². The summed E-state index contributed by atoms with van der Waals surface area (Å²) in [5.74, 6) is 0. The van der Waals surface area contributed by atoms with Crippen molar-refractivity contribution in [2.24, 2.45) is 0 Å². The molecule has 1 N–H and O–H groups in total. The lowest BCUT2D eigenvalue weighted by atomic mass is 9.88. The Morgan fingerprint density at radius 1 is 1.47 bits per heavy atom. The van der Waals surface area contributed by atoms with E-state index in [9.17, 15) is 0 Å². The SMILES string of the molecule is COC1CC(NC(C)c2ccc(C)s2)C1. The Morgan fingerprint density at radius 3 is 2.73 bits per heavy atom. The van der Waals surface area contributed by atoms with E-state index in [0.29, 0.717) is 18.2 Å². The van der Waals surface area contributed by atoms with Crippen LogP contribution in [0.4, 0.5) is 0 Å². The van der Waals surface area contributed by atoms with E-state index in [1.54, 1.807) is 7.11 Å². The second-order valence-corrected chi connectivity index (χ2v) is 5.68. The molecule has 1 aliphatic rings. The van der Waals surface area contributed by atoms with E-state index in [4.69, 9.17) is 4.74 Å². The number of rotatable bonds is 4. The van der Waals surface area contributed by atoms with Crippen LogP contribution in [0, 0.1) is 6.92 Å². The summed E-state index contributed by atoms with van der Waals surface area (Å²) in [7, 11) is 1.80. The van der Waals surface area contributed by atoms with Gasteiger partial charge in [0.1, 0.15) is 0 Å². The largest absolute Gasteiger partial charge is 0.381 e. The number of aryl methyl sites for hydroxylation is 1. The predicted molar refractivity (Wildman–Crippen MR) is 64.4 cm³/mol. The van der Waals surface area contributed by atoms with Crippen LogP contribution in [0.2, 0.25) is 0 Å². The molecule has 2 rings (SSSR count). The molecule has 1 unspecified atom stereocenters. The third-order valence-electron chi connectivity index (χ3n) is 3.10. The van der Waals surface area contributed by atoms with Crippen molar-refractivity contribution in [2.75, 3.05) is 7.11 Å². The molecule has 0 bridgehead atoms. The first kappa shape index (κ1) is 11.1.